The first kappa shape index (κ1) is 15.9. The van der Waals surface area contributed by atoms with E-state index in [0.717, 1.165) is 0 Å². The van der Waals surface area contributed by atoms with E-state index >= 15 is 0 Å². The van der Waals surface area contributed by atoms with Crippen LogP contribution < -0.4 is 0 Å². The van der Waals surface area contributed by atoms with Gasteiger partial charge < -0.3 is 0 Å². The summed E-state index contributed by atoms with van der Waals surface area (Å²) in [6.45, 7) is 0. The monoisotopic (exact) mass is 364 g/mol. The number of benzene rings is 3. The molecule has 0 amide bonds. The van der Waals surface area contributed by atoms with Gasteiger partial charge in [-0.1, -0.05) is 0 Å². The number of rotatable bonds is 6. The zero-order chi connectivity index (χ0) is 16.0. The van der Waals surface area contributed by atoms with Gasteiger partial charge in [-0.2, -0.15) is 0 Å². The van der Waals surface area contributed by atoms with Crippen LogP contribution in [0.4, 0.5) is 0 Å². The predicted molar refractivity (Wildman–Crippen MR) is 96.9 cm³/mol. The van der Waals surface area contributed by atoms with Gasteiger partial charge in [0.05, 0.1) is 0 Å². The number of hydrogen-bond acceptors (Lipinski definition) is 1. The summed E-state index contributed by atoms with van der Waals surface area (Å²) >= 11 is -3.12. The van der Waals surface area contributed by atoms with Crippen molar-refractivity contribution in [1.29, 1.82) is 0 Å². The molecule has 3 aromatic carbocycles. The van der Waals surface area contributed by atoms with Gasteiger partial charge in [0, 0.05) is 0 Å². The summed E-state index contributed by atoms with van der Waals surface area (Å²) in [5, 5.41) is 2.13. The van der Waals surface area contributed by atoms with Crippen molar-refractivity contribution >= 4 is 13.5 Å². The Morgan fingerprint density at radius 3 is 1.00 bits per heavy atom. The molecule has 0 saturated carbocycles. The van der Waals surface area contributed by atoms with Crippen LogP contribution in [-0.2, 0) is 19.4 Å². The van der Waals surface area contributed by atoms with Crippen molar-refractivity contribution in [2.45, 2.75) is 15.6 Å². The van der Waals surface area contributed by atoms with Crippen molar-refractivity contribution in [2.24, 2.45) is 0 Å². The molecule has 0 radical (unpaired) electrons. The second-order valence-electron chi connectivity index (χ2n) is 5.99. The summed E-state index contributed by atoms with van der Waals surface area (Å²) < 4.78 is 13.8. The van der Waals surface area contributed by atoms with Gasteiger partial charge in [0.1, 0.15) is 0 Å². The van der Waals surface area contributed by atoms with Crippen LogP contribution in [0.2, 0.25) is 0 Å². The maximum absolute atomic E-state index is 13.8. The van der Waals surface area contributed by atoms with E-state index in [-0.39, 0.29) is 0 Å². The van der Waals surface area contributed by atoms with E-state index in [4.69, 9.17) is 0 Å². The van der Waals surface area contributed by atoms with Gasteiger partial charge in [0.2, 0.25) is 0 Å². The first-order chi connectivity index (χ1) is 11.2. The Bertz CT molecular complexity index is 659. The topological polar surface area (TPSA) is 17.1 Å². The number of hydrogen-bond donors (Lipinski definition) is 0. The summed E-state index contributed by atoms with van der Waals surface area (Å²) in [4.78, 5) is 0. The molecule has 0 N–H and O–H groups in total. The molecule has 3 aromatic rings. The van der Waals surface area contributed by atoms with Crippen LogP contribution in [0, 0.1) is 0 Å². The van der Waals surface area contributed by atoms with Crippen LogP contribution >= 0.6 is 0 Å². The standard InChI is InChI=1S/C21H21AsO/c23-22(16-19-10-4-1-5-11-19,17-20-12-6-2-7-13-20)18-21-14-8-3-9-15-21/h1-15H,16-18H2. The van der Waals surface area contributed by atoms with E-state index < -0.39 is 13.5 Å². The van der Waals surface area contributed by atoms with Crippen LogP contribution in [0.15, 0.2) is 91.0 Å². The summed E-state index contributed by atoms with van der Waals surface area (Å²) in [7, 11) is 0. The molecule has 0 atom stereocenters. The molecule has 1 nitrogen and oxygen atoms in total. The van der Waals surface area contributed by atoms with E-state index in [9.17, 15) is 3.74 Å². The van der Waals surface area contributed by atoms with Crippen LogP contribution in [0.3, 0.4) is 0 Å². The normalized spacial score (nSPS) is 11.3. The van der Waals surface area contributed by atoms with Crippen molar-refractivity contribution in [2.75, 3.05) is 0 Å². The van der Waals surface area contributed by atoms with Gasteiger partial charge >= 0.3 is 141 Å². The molecule has 3 rings (SSSR count). The molecule has 0 fully saturated rings. The third-order valence-electron chi connectivity index (χ3n) is 3.94. The van der Waals surface area contributed by atoms with Gasteiger partial charge in [0.15, 0.2) is 0 Å². The Hall–Kier alpha value is -1.98. The molecular formula is C21H21AsO. The van der Waals surface area contributed by atoms with Gasteiger partial charge in [-0.3, -0.25) is 0 Å². The molecule has 0 spiro atoms. The first-order valence-electron chi connectivity index (χ1n) is 7.92. The minimum atomic E-state index is -3.12. The Morgan fingerprint density at radius 2 is 0.739 bits per heavy atom. The van der Waals surface area contributed by atoms with E-state index in [1.165, 1.54) is 16.7 Å². The van der Waals surface area contributed by atoms with E-state index in [0.29, 0.717) is 15.6 Å². The molecule has 0 heterocycles. The predicted octanol–water partition coefficient (Wildman–Crippen LogP) is 4.71. The summed E-state index contributed by atoms with van der Waals surface area (Å²) in [6, 6.07) is 30.7. The molecule has 0 unspecified atom stereocenters. The second-order valence-corrected chi connectivity index (χ2v) is 12.4. The SMILES string of the molecule is O=[As](Cc1ccccc1)(Cc1ccccc1)Cc1ccccc1. The second kappa shape index (κ2) is 7.53. The molecule has 0 bridgehead atoms. The van der Waals surface area contributed by atoms with Gasteiger partial charge in [0.25, 0.3) is 0 Å². The Labute approximate surface area is 140 Å². The van der Waals surface area contributed by atoms with Gasteiger partial charge in [-0.05, 0) is 0 Å². The molecule has 116 valence electrons. The first-order valence-corrected chi connectivity index (χ1v) is 12.7. The molecule has 0 aliphatic heterocycles. The zero-order valence-electron chi connectivity index (χ0n) is 13.1. The average molecular weight is 364 g/mol. The van der Waals surface area contributed by atoms with Crippen LogP contribution in [0.5, 0.6) is 0 Å². The van der Waals surface area contributed by atoms with E-state index in [1.807, 2.05) is 54.6 Å². The van der Waals surface area contributed by atoms with Crippen LogP contribution in [0.25, 0.3) is 0 Å². The quantitative estimate of drug-likeness (QED) is 0.579. The third-order valence-corrected chi connectivity index (χ3v) is 9.87. The van der Waals surface area contributed by atoms with E-state index in [2.05, 4.69) is 36.4 Å². The van der Waals surface area contributed by atoms with Crippen LogP contribution in [0.1, 0.15) is 16.7 Å². The minimum absolute atomic E-state index is 0.711. The molecule has 0 aliphatic rings. The molecule has 23 heavy (non-hydrogen) atoms. The maximum atomic E-state index is 13.8. The van der Waals surface area contributed by atoms with Crippen molar-refractivity contribution < 1.29 is 3.74 Å². The molecule has 0 aromatic heterocycles. The molecular weight excluding hydrogens is 343 g/mol. The summed E-state index contributed by atoms with van der Waals surface area (Å²) in [5.74, 6) is 0. The molecule has 2 heteroatoms. The van der Waals surface area contributed by atoms with Crippen molar-refractivity contribution in [3.8, 4) is 0 Å². The summed E-state index contributed by atoms with van der Waals surface area (Å²) in [5.41, 5.74) is 3.55. The van der Waals surface area contributed by atoms with Gasteiger partial charge in [-0.25, -0.2) is 0 Å². The fourth-order valence-corrected chi connectivity index (χ4v) is 9.14. The van der Waals surface area contributed by atoms with Crippen molar-refractivity contribution in [3.05, 3.63) is 108 Å². The average Bonchev–Trinajstić information content (AvgIpc) is 2.57. The Kier molecular flexibility index (Phi) is 5.20. The van der Waals surface area contributed by atoms with Crippen LogP contribution in [-0.4, -0.2) is 13.5 Å². The fourth-order valence-electron chi connectivity index (χ4n) is 2.92. The summed E-state index contributed by atoms with van der Waals surface area (Å²) in [6.07, 6.45) is 0. The molecule has 0 saturated heterocycles. The Morgan fingerprint density at radius 1 is 0.478 bits per heavy atom. The fraction of sp³-hybridized carbons (Fsp3) is 0.143. The molecule has 0 aliphatic carbocycles. The zero-order valence-corrected chi connectivity index (χ0v) is 15.0. The van der Waals surface area contributed by atoms with Gasteiger partial charge in [-0.15, -0.1) is 0 Å². The van der Waals surface area contributed by atoms with Crippen molar-refractivity contribution in [3.63, 3.8) is 0 Å². The Balaban J connectivity index is 1.87. The van der Waals surface area contributed by atoms with E-state index in [1.54, 1.807) is 0 Å². The third kappa shape index (κ3) is 4.74. The van der Waals surface area contributed by atoms with Crippen molar-refractivity contribution in [1.82, 2.24) is 0 Å².